The summed E-state index contributed by atoms with van der Waals surface area (Å²) in [5.41, 5.74) is 0.582. The molecule has 0 aliphatic carbocycles. The molecule has 0 unspecified atom stereocenters. The second-order valence-electron chi connectivity index (χ2n) is 5.39. The molecule has 0 amide bonds. The largest absolute Gasteiger partial charge is 0.379 e. The maximum Gasteiger partial charge on any atom is 0.244 e. The first-order valence-electron chi connectivity index (χ1n) is 7.86. The molecule has 0 spiro atoms. The number of hydrogen-bond donors (Lipinski definition) is 2. The third-order valence-electron chi connectivity index (χ3n) is 3.59. The molecule has 1 heterocycles. The SMILES string of the molecule is CSCCCNC(=S)Nc1ccc(Cl)c(S(=O)(=O)N2CCOCC2)c1. The summed E-state index contributed by atoms with van der Waals surface area (Å²) < 4.78 is 32.2. The van der Waals surface area contributed by atoms with Crippen LogP contribution in [0.3, 0.4) is 0 Å². The van der Waals surface area contributed by atoms with E-state index < -0.39 is 10.0 Å². The number of rotatable bonds is 7. The molecule has 1 aromatic carbocycles. The molecule has 0 atom stereocenters. The van der Waals surface area contributed by atoms with Crippen LogP contribution in [-0.4, -0.2) is 62.7 Å². The standard InChI is InChI=1S/C15H22ClN3O3S3/c1-24-10-2-5-17-15(23)18-12-3-4-13(16)14(11-12)25(20,21)19-6-8-22-9-7-19/h3-4,11H,2,5-10H2,1H3,(H2,17,18,23). The number of halogens is 1. The van der Waals surface area contributed by atoms with Gasteiger partial charge in [0.2, 0.25) is 10.0 Å². The van der Waals surface area contributed by atoms with E-state index in [0.717, 1.165) is 18.7 Å². The molecule has 0 aromatic heterocycles. The number of nitrogens with one attached hydrogen (secondary N) is 2. The number of thiocarbonyl (C=S) groups is 1. The fraction of sp³-hybridized carbons (Fsp3) is 0.533. The lowest BCUT2D eigenvalue weighted by Gasteiger charge is -2.26. The van der Waals surface area contributed by atoms with Gasteiger partial charge < -0.3 is 15.4 Å². The first-order valence-corrected chi connectivity index (χ1v) is 11.5. The highest BCUT2D eigenvalue weighted by Gasteiger charge is 2.28. The van der Waals surface area contributed by atoms with Crippen molar-refractivity contribution in [3.8, 4) is 0 Å². The molecule has 1 aliphatic heterocycles. The summed E-state index contributed by atoms with van der Waals surface area (Å²) >= 11 is 13.2. The van der Waals surface area contributed by atoms with Crippen LogP contribution in [0.2, 0.25) is 5.02 Å². The Kier molecular flexibility index (Phi) is 8.24. The second-order valence-corrected chi connectivity index (χ2v) is 9.10. The van der Waals surface area contributed by atoms with Gasteiger partial charge in [0.1, 0.15) is 4.90 Å². The summed E-state index contributed by atoms with van der Waals surface area (Å²) in [4.78, 5) is 0.0752. The average Bonchev–Trinajstić information content (AvgIpc) is 2.61. The maximum absolute atomic E-state index is 12.8. The van der Waals surface area contributed by atoms with Crippen LogP contribution in [0.4, 0.5) is 5.69 Å². The summed E-state index contributed by atoms with van der Waals surface area (Å²) in [6, 6.07) is 4.78. The van der Waals surface area contributed by atoms with E-state index in [0.29, 0.717) is 37.1 Å². The van der Waals surface area contributed by atoms with E-state index in [-0.39, 0.29) is 9.92 Å². The van der Waals surface area contributed by atoms with Crippen LogP contribution in [0.1, 0.15) is 6.42 Å². The predicted octanol–water partition coefficient (Wildman–Crippen LogP) is 2.40. The minimum atomic E-state index is -3.66. The molecule has 0 bridgehead atoms. The fourth-order valence-electron chi connectivity index (χ4n) is 2.30. The molecule has 10 heteroatoms. The molecule has 1 saturated heterocycles. The molecule has 1 aromatic rings. The van der Waals surface area contributed by atoms with Crippen molar-refractivity contribution in [2.24, 2.45) is 0 Å². The fourth-order valence-corrected chi connectivity index (χ4v) is 4.86. The van der Waals surface area contributed by atoms with Gasteiger partial charge in [0.25, 0.3) is 0 Å². The van der Waals surface area contributed by atoms with Crippen molar-refractivity contribution < 1.29 is 13.2 Å². The highest BCUT2D eigenvalue weighted by molar-refractivity contribution is 7.98. The molecule has 1 aliphatic rings. The quantitative estimate of drug-likeness (QED) is 0.515. The van der Waals surface area contributed by atoms with Crippen LogP contribution in [0.25, 0.3) is 0 Å². The van der Waals surface area contributed by atoms with Crippen molar-refractivity contribution in [3.63, 3.8) is 0 Å². The first kappa shape index (κ1) is 20.7. The Morgan fingerprint density at radius 3 is 2.80 bits per heavy atom. The van der Waals surface area contributed by atoms with Crippen LogP contribution in [0.5, 0.6) is 0 Å². The van der Waals surface area contributed by atoms with E-state index in [2.05, 4.69) is 16.9 Å². The Morgan fingerprint density at radius 1 is 1.40 bits per heavy atom. The zero-order valence-corrected chi connectivity index (χ0v) is 17.2. The Hall–Kier alpha value is -0.580. The van der Waals surface area contributed by atoms with Crippen molar-refractivity contribution in [2.45, 2.75) is 11.3 Å². The molecule has 0 saturated carbocycles. The Balaban J connectivity index is 2.07. The van der Waals surface area contributed by atoms with Gasteiger partial charge in [-0.05, 0) is 48.8 Å². The maximum atomic E-state index is 12.8. The van der Waals surface area contributed by atoms with E-state index in [1.54, 1.807) is 23.9 Å². The number of morpholine rings is 1. The van der Waals surface area contributed by atoms with E-state index in [1.807, 2.05) is 0 Å². The highest BCUT2D eigenvalue weighted by atomic mass is 35.5. The van der Waals surface area contributed by atoms with Crippen molar-refractivity contribution in [3.05, 3.63) is 23.2 Å². The lowest BCUT2D eigenvalue weighted by molar-refractivity contribution is 0.0730. The summed E-state index contributed by atoms with van der Waals surface area (Å²) in [7, 11) is -3.66. The predicted molar refractivity (Wildman–Crippen MR) is 108 cm³/mol. The number of benzene rings is 1. The van der Waals surface area contributed by atoms with Crippen LogP contribution in [-0.2, 0) is 14.8 Å². The zero-order valence-electron chi connectivity index (χ0n) is 14.0. The van der Waals surface area contributed by atoms with Crippen molar-refractivity contribution in [2.75, 3.05) is 50.2 Å². The highest BCUT2D eigenvalue weighted by Crippen LogP contribution is 2.28. The van der Waals surface area contributed by atoms with E-state index in [4.69, 9.17) is 28.6 Å². The zero-order chi connectivity index (χ0) is 18.3. The topological polar surface area (TPSA) is 70.7 Å². The van der Waals surface area contributed by atoms with Gasteiger partial charge in [-0.3, -0.25) is 0 Å². The third kappa shape index (κ3) is 5.97. The monoisotopic (exact) mass is 423 g/mol. The summed E-state index contributed by atoms with van der Waals surface area (Å²) in [5, 5.41) is 6.76. The van der Waals surface area contributed by atoms with E-state index in [1.165, 1.54) is 10.4 Å². The molecular formula is C15H22ClN3O3S3. The lowest BCUT2D eigenvalue weighted by atomic mass is 10.3. The molecule has 1 fully saturated rings. The van der Waals surface area contributed by atoms with Gasteiger partial charge in [0.05, 0.1) is 18.2 Å². The van der Waals surface area contributed by atoms with Crippen molar-refractivity contribution in [1.82, 2.24) is 9.62 Å². The van der Waals surface area contributed by atoms with Gasteiger partial charge in [-0.15, -0.1) is 0 Å². The second kappa shape index (κ2) is 9.94. The third-order valence-corrected chi connectivity index (χ3v) is 6.91. The molecule has 2 N–H and O–H groups in total. The number of hydrogen-bond acceptors (Lipinski definition) is 5. The minimum absolute atomic E-state index is 0.0752. The molecule has 2 rings (SSSR count). The Labute approximate surface area is 163 Å². The van der Waals surface area contributed by atoms with Crippen LogP contribution in [0.15, 0.2) is 23.1 Å². The molecule has 0 radical (unpaired) electrons. The van der Waals surface area contributed by atoms with Crippen molar-refractivity contribution in [1.29, 1.82) is 0 Å². The smallest absolute Gasteiger partial charge is 0.244 e. The Bertz CT molecular complexity index is 695. The van der Waals surface area contributed by atoms with Gasteiger partial charge in [0, 0.05) is 25.3 Å². The normalized spacial score (nSPS) is 15.8. The summed E-state index contributed by atoms with van der Waals surface area (Å²) in [5.74, 6) is 1.05. The number of anilines is 1. The number of ether oxygens (including phenoxy) is 1. The van der Waals surface area contributed by atoms with E-state index >= 15 is 0 Å². The number of nitrogens with zero attached hydrogens (tertiary/aromatic N) is 1. The Morgan fingerprint density at radius 2 is 2.12 bits per heavy atom. The van der Waals surface area contributed by atoms with Gasteiger partial charge in [-0.2, -0.15) is 16.1 Å². The summed E-state index contributed by atoms with van der Waals surface area (Å²) in [6.07, 6.45) is 3.06. The van der Waals surface area contributed by atoms with Crippen LogP contribution in [0, 0.1) is 0 Å². The van der Waals surface area contributed by atoms with Crippen molar-refractivity contribution >= 4 is 56.4 Å². The average molecular weight is 424 g/mol. The van der Waals surface area contributed by atoms with Gasteiger partial charge in [-0.25, -0.2) is 8.42 Å². The minimum Gasteiger partial charge on any atom is -0.379 e. The van der Waals surface area contributed by atoms with Crippen LogP contribution < -0.4 is 10.6 Å². The molecular weight excluding hydrogens is 402 g/mol. The molecule has 140 valence electrons. The van der Waals surface area contributed by atoms with Gasteiger partial charge in [-0.1, -0.05) is 11.6 Å². The summed E-state index contributed by atoms with van der Waals surface area (Å²) in [6.45, 7) is 2.19. The van der Waals surface area contributed by atoms with E-state index in [9.17, 15) is 8.42 Å². The molecule has 6 nitrogen and oxygen atoms in total. The number of thioether (sulfide) groups is 1. The molecule has 25 heavy (non-hydrogen) atoms. The van der Waals surface area contributed by atoms with Gasteiger partial charge in [0.15, 0.2) is 5.11 Å². The lowest BCUT2D eigenvalue weighted by Crippen LogP contribution is -2.40. The number of sulfonamides is 1. The first-order chi connectivity index (χ1) is 11.9. The van der Waals surface area contributed by atoms with Crippen LogP contribution >= 0.6 is 35.6 Å². The van der Waals surface area contributed by atoms with Gasteiger partial charge >= 0.3 is 0 Å².